The molecule has 0 saturated heterocycles. The zero-order chi connectivity index (χ0) is 15.7. The van der Waals surface area contributed by atoms with E-state index in [4.69, 9.17) is 10.8 Å². The maximum Gasteiger partial charge on any atom is 0.352 e. The summed E-state index contributed by atoms with van der Waals surface area (Å²) in [5.41, 5.74) is 4.88. The topological polar surface area (TPSA) is 123 Å². The Morgan fingerprint density at radius 2 is 2.00 bits per heavy atom. The van der Waals surface area contributed by atoms with Crippen molar-refractivity contribution in [2.24, 2.45) is 12.8 Å². The van der Waals surface area contributed by atoms with Gasteiger partial charge >= 0.3 is 5.97 Å². The van der Waals surface area contributed by atoms with Crippen LogP contribution in [0.3, 0.4) is 0 Å². The summed E-state index contributed by atoms with van der Waals surface area (Å²) >= 11 is 0. The molecular weight excluding hydrogens is 286 g/mol. The van der Waals surface area contributed by atoms with Gasteiger partial charge in [0, 0.05) is 19.3 Å². The molecule has 0 aliphatic heterocycles. The molecule has 112 valence electrons. The second-order valence-electron chi connectivity index (χ2n) is 4.59. The molecule has 0 unspecified atom stereocenters. The maximum atomic E-state index is 12.4. The normalized spacial score (nSPS) is 12.1. The van der Waals surface area contributed by atoms with E-state index in [-0.39, 0.29) is 10.6 Å². The van der Waals surface area contributed by atoms with Gasteiger partial charge in [-0.15, -0.1) is 0 Å². The molecular formula is C11H17N3O5S. The number of carbonyl (C=O) groups is 2. The molecule has 0 bridgehead atoms. The number of aromatic nitrogens is 1. The van der Waals surface area contributed by atoms with E-state index in [1.54, 1.807) is 13.8 Å². The summed E-state index contributed by atoms with van der Waals surface area (Å²) in [7, 11) is -2.56. The third-order valence-electron chi connectivity index (χ3n) is 2.69. The molecule has 20 heavy (non-hydrogen) atoms. The van der Waals surface area contributed by atoms with Crippen molar-refractivity contribution in [3.63, 3.8) is 0 Å². The lowest BCUT2D eigenvalue weighted by Gasteiger charge is -2.23. The number of hydrogen-bond acceptors (Lipinski definition) is 4. The Balaban J connectivity index is 3.30. The molecule has 0 aliphatic rings. The number of rotatable bonds is 6. The Kier molecular flexibility index (Phi) is 4.56. The van der Waals surface area contributed by atoms with Crippen LogP contribution in [0.2, 0.25) is 0 Å². The third-order valence-corrected chi connectivity index (χ3v) is 4.68. The van der Waals surface area contributed by atoms with E-state index in [0.717, 1.165) is 10.4 Å². The Morgan fingerprint density at radius 3 is 2.35 bits per heavy atom. The van der Waals surface area contributed by atoms with E-state index < -0.39 is 34.5 Å². The first kappa shape index (κ1) is 16.2. The smallest absolute Gasteiger partial charge is 0.352 e. The fraction of sp³-hybridized carbons (Fsp3) is 0.455. The quantitative estimate of drug-likeness (QED) is 0.740. The van der Waals surface area contributed by atoms with E-state index in [2.05, 4.69) is 0 Å². The summed E-state index contributed by atoms with van der Waals surface area (Å²) in [4.78, 5) is 21.7. The van der Waals surface area contributed by atoms with Crippen LogP contribution in [0.4, 0.5) is 0 Å². The summed E-state index contributed by atoms with van der Waals surface area (Å²) in [6, 6.07) is 0.564. The van der Waals surface area contributed by atoms with Crippen LogP contribution in [0.5, 0.6) is 0 Å². The minimum Gasteiger partial charge on any atom is -0.477 e. The molecule has 0 spiro atoms. The Hall–Kier alpha value is -1.87. The summed E-state index contributed by atoms with van der Waals surface area (Å²) in [6.45, 7) is 2.74. The number of carboxylic acids is 1. The first-order valence-electron chi connectivity index (χ1n) is 5.77. The highest BCUT2D eigenvalue weighted by Crippen LogP contribution is 2.20. The van der Waals surface area contributed by atoms with Crippen LogP contribution < -0.4 is 5.73 Å². The van der Waals surface area contributed by atoms with Crippen molar-refractivity contribution >= 4 is 21.9 Å². The Morgan fingerprint density at radius 1 is 1.45 bits per heavy atom. The van der Waals surface area contributed by atoms with Gasteiger partial charge in [0.2, 0.25) is 15.9 Å². The molecule has 0 atom stereocenters. The van der Waals surface area contributed by atoms with Crippen LogP contribution in [-0.4, -0.2) is 46.9 Å². The van der Waals surface area contributed by atoms with Gasteiger partial charge in [-0.25, -0.2) is 13.2 Å². The highest BCUT2D eigenvalue weighted by Gasteiger charge is 2.30. The van der Waals surface area contributed by atoms with Crippen molar-refractivity contribution in [1.82, 2.24) is 8.87 Å². The molecule has 1 rings (SSSR count). The van der Waals surface area contributed by atoms with Gasteiger partial charge in [0.15, 0.2) is 0 Å². The number of carbonyl (C=O) groups excluding carboxylic acids is 1. The van der Waals surface area contributed by atoms with Gasteiger partial charge in [0.1, 0.15) is 10.6 Å². The minimum absolute atomic E-state index is 0.161. The molecule has 1 aromatic rings. The van der Waals surface area contributed by atoms with Crippen LogP contribution in [-0.2, 0) is 21.9 Å². The summed E-state index contributed by atoms with van der Waals surface area (Å²) in [6.07, 6.45) is 1.19. The van der Waals surface area contributed by atoms with Gasteiger partial charge in [-0.3, -0.25) is 4.79 Å². The average molecular weight is 303 g/mol. The number of carboxylic acid groups (broad SMARTS) is 1. The zero-order valence-electron chi connectivity index (χ0n) is 11.4. The fourth-order valence-corrected chi connectivity index (χ4v) is 3.40. The number of sulfonamides is 1. The summed E-state index contributed by atoms with van der Waals surface area (Å²) < 4.78 is 26.9. The molecule has 1 heterocycles. The SMILES string of the molecule is CC(C)N(CC(N)=O)S(=O)(=O)c1cc(C(=O)O)n(C)c1. The number of amides is 1. The van der Waals surface area contributed by atoms with E-state index in [0.29, 0.717) is 0 Å². The number of hydrogen-bond donors (Lipinski definition) is 2. The van der Waals surface area contributed by atoms with Crippen molar-refractivity contribution in [1.29, 1.82) is 0 Å². The van der Waals surface area contributed by atoms with E-state index in [1.807, 2.05) is 0 Å². The van der Waals surface area contributed by atoms with Crippen molar-refractivity contribution in [3.8, 4) is 0 Å². The van der Waals surface area contributed by atoms with E-state index in [1.165, 1.54) is 17.8 Å². The second-order valence-corrected chi connectivity index (χ2v) is 6.48. The van der Waals surface area contributed by atoms with Gasteiger partial charge in [-0.1, -0.05) is 0 Å². The number of nitrogens with zero attached hydrogens (tertiary/aromatic N) is 2. The van der Waals surface area contributed by atoms with Crippen LogP contribution in [0.15, 0.2) is 17.2 Å². The largest absolute Gasteiger partial charge is 0.477 e. The van der Waals surface area contributed by atoms with Gasteiger partial charge in [-0.2, -0.15) is 4.31 Å². The van der Waals surface area contributed by atoms with Crippen LogP contribution in [0.1, 0.15) is 24.3 Å². The van der Waals surface area contributed by atoms with Crippen LogP contribution in [0.25, 0.3) is 0 Å². The van der Waals surface area contributed by atoms with E-state index in [9.17, 15) is 18.0 Å². The highest BCUT2D eigenvalue weighted by atomic mass is 32.2. The lowest BCUT2D eigenvalue weighted by Crippen LogP contribution is -2.42. The van der Waals surface area contributed by atoms with Crippen molar-refractivity contribution < 1.29 is 23.1 Å². The van der Waals surface area contributed by atoms with Gasteiger partial charge < -0.3 is 15.4 Å². The number of aromatic carboxylic acids is 1. The molecule has 1 aromatic heterocycles. The van der Waals surface area contributed by atoms with Crippen molar-refractivity contribution in [2.45, 2.75) is 24.8 Å². The standard InChI is InChI=1S/C11H17N3O5S/c1-7(2)14(6-10(12)15)20(18,19)8-4-9(11(16)17)13(3)5-8/h4-5,7H,6H2,1-3H3,(H2,12,15)(H,16,17). The summed E-state index contributed by atoms with van der Waals surface area (Å²) in [5.74, 6) is -2.02. The first-order valence-corrected chi connectivity index (χ1v) is 7.21. The number of primary amides is 1. The lowest BCUT2D eigenvalue weighted by atomic mass is 10.4. The minimum atomic E-state index is -3.98. The lowest BCUT2D eigenvalue weighted by molar-refractivity contribution is -0.118. The second kappa shape index (κ2) is 5.63. The molecule has 8 nitrogen and oxygen atoms in total. The van der Waals surface area contributed by atoms with Gasteiger partial charge in [0.05, 0.1) is 6.54 Å². The molecule has 0 saturated carbocycles. The molecule has 3 N–H and O–H groups in total. The Bertz CT molecular complexity index is 632. The molecule has 0 fully saturated rings. The van der Waals surface area contributed by atoms with Gasteiger partial charge in [0.25, 0.3) is 0 Å². The van der Waals surface area contributed by atoms with Gasteiger partial charge in [-0.05, 0) is 19.9 Å². The molecule has 1 amide bonds. The van der Waals surface area contributed by atoms with E-state index >= 15 is 0 Å². The van der Waals surface area contributed by atoms with Crippen molar-refractivity contribution in [2.75, 3.05) is 6.54 Å². The predicted octanol–water partition coefficient (Wildman–Crippen LogP) is -0.392. The van der Waals surface area contributed by atoms with Crippen LogP contribution in [0, 0.1) is 0 Å². The highest BCUT2D eigenvalue weighted by molar-refractivity contribution is 7.89. The molecule has 9 heteroatoms. The van der Waals surface area contributed by atoms with Crippen LogP contribution >= 0.6 is 0 Å². The number of nitrogens with two attached hydrogens (primary N) is 1. The molecule has 0 aromatic carbocycles. The number of aryl methyl sites for hydroxylation is 1. The molecule has 0 radical (unpaired) electrons. The Labute approximate surface area is 116 Å². The first-order chi connectivity index (χ1) is 9.07. The summed E-state index contributed by atoms with van der Waals surface area (Å²) in [5, 5.41) is 8.93. The zero-order valence-corrected chi connectivity index (χ0v) is 12.2. The molecule has 0 aliphatic carbocycles. The third kappa shape index (κ3) is 3.17. The maximum absolute atomic E-state index is 12.4. The monoisotopic (exact) mass is 303 g/mol. The fourth-order valence-electron chi connectivity index (χ4n) is 1.72. The average Bonchev–Trinajstić information content (AvgIpc) is 2.68. The van der Waals surface area contributed by atoms with Crippen molar-refractivity contribution in [3.05, 3.63) is 18.0 Å². The predicted molar refractivity (Wildman–Crippen MR) is 70.6 cm³/mol.